The van der Waals surface area contributed by atoms with Crippen LogP contribution >= 0.6 is 36.2 Å². The molecule has 4 rings (SSSR count). The molecule has 0 radical (unpaired) electrons. The van der Waals surface area contributed by atoms with Crippen molar-refractivity contribution in [2.75, 3.05) is 0 Å². The maximum absolute atomic E-state index is 12.6. The summed E-state index contributed by atoms with van der Waals surface area (Å²) in [4.78, 5) is 17.8. The summed E-state index contributed by atoms with van der Waals surface area (Å²) in [6, 6.07) is 5.24. The number of hydrogen-bond donors (Lipinski definition) is 2. The van der Waals surface area contributed by atoms with Crippen molar-refractivity contribution in [3.63, 3.8) is 0 Å². The van der Waals surface area contributed by atoms with Crippen molar-refractivity contribution in [2.45, 2.75) is 57.7 Å². The lowest BCUT2D eigenvalue weighted by Crippen LogP contribution is -2.48. The number of aryl methyl sites for hydroxylation is 2. The first-order valence-electron chi connectivity index (χ1n) is 8.19. The Kier molecular flexibility index (Phi) is 6.54. The Morgan fingerprint density at radius 3 is 2.52 bits per heavy atom. The van der Waals surface area contributed by atoms with Crippen molar-refractivity contribution in [3.05, 3.63) is 28.5 Å². The summed E-state index contributed by atoms with van der Waals surface area (Å²) in [5, 5.41) is 7.58. The van der Waals surface area contributed by atoms with Crippen LogP contribution in [-0.4, -0.2) is 29.0 Å². The number of piperidine rings is 1. The second-order valence-electron chi connectivity index (χ2n) is 6.62. The minimum atomic E-state index is 0. The Balaban J connectivity index is 0.00000113. The van der Waals surface area contributed by atoms with Crippen molar-refractivity contribution in [3.8, 4) is 10.8 Å². The lowest BCUT2D eigenvalue weighted by atomic mass is 10.00. The Morgan fingerprint density at radius 2 is 1.92 bits per heavy atom. The molecule has 2 fully saturated rings. The molecule has 4 heterocycles. The van der Waals surface area contributed by atoms with Crippen LogP contribution in [0.25, 0.3) is 10.8 Å². The fraction of sp³-hybridized carbons (Fsp3) is 0.529. The summed E-state index contributed by atoms with van der Waals surface area (Å²) >= 11 is 1.41. The number of furan rings is 1. The van der Waals surface area contributed by atoms with Gasteiger partial charge in [0.15, 0.2) is 10.8 Å². The average molecular weight is 404 g/mol. The van der Waals surface area contributed by atoms with Gasteiger partial charge < -0.3 is 15.1 Å². The Labute approximate surface area is 163 Å². The SMILES string of the molecule is Cc1ccc(-c2nc(C)c(C(=O)NC3CC4CCC(C3)N4)s2)o1.Cl.Cl. The maximum Gasteiger partial charge on any atom is 0.263 e. The van der Waals surface area contributed by atoms with Crippen LogP contribution in [-0.2, 0) is 0 Å². The summed E-state index contributed by atoms with van der Waals surface area (Å²) in [5.74, 6) is 1.58. The molecule has 2 aromatic rings. The molecule has 5 nitrogen and oxygen atoms in total. The zero-order chi connectivity index (χ0) is 16.0. The number of nitrogens with zero attached hydrogens (tertiary/aromatic N) is 1. The summed E-state index contributed by atoms with van der Waals surface area (Å²) in [7, 11) is 0. The minimum absolute atomic E-state index is 0. The molecule has 25 heavy (non-hydrogen) atoms. The molecule has 2 N–H and O–H groups in total. The van der Waals surface area contributed by atoms with Crippen molar-refractivity contribution in [2.24, 2.45) is 0 Å². The Morgan fingerprint density at radius 1 is 1.24 bits per heavy atom. The molecular formula is C17H23Cl2N3O2S. The van der Waals surface area contributed by atoms with Gasteiger partial charge in [-0.1, -0.05) is 0 Å². The first-order valence-corrected chi connectivity index (χ1v) is 9.01. The minimum Gasteiger partial charge on any atom is -0.459 e. The monoisotopic (exact) mass is 403 g/mol. The van der Waals surface area contributed by atoms with Crippen LogP contribution in [0.2, 0.25) is 0 Å². The van der Waals surface area contributed by atoms with Gasteiger partial charge in [0.05, 0.1) is 5.69 Å². The van der Waals surface area contributed by atoms with Crippen molar-refractivity contribution in [1.82, 2.24) is 15.6 Å². The largest absolute Gasteiger partial charge is 0.459 e. The molecule has 0 spiro atoms. The van der Waals surface area contributed by atoms with Crippen LogP contribution in [0.15, 0.2) is 16.5 Å². The third-order valence-electron chi connectivity index (χ3n) is 4.76. The molecule has 0 saturated carbocycles. The van der Waals surface area contributed by atoms with E-state index in [0.717, 1.165) is 35.1 Å². The van der Waals surface area contributed by atoms with Crippen LogP contribution in [0.5, 0.6) is 0 Å². The standard InChI is InChI=1S/C17H21N3O2S.2ClH/c1-9-3-6-14(22-9)17-18-10(2)15(23-17)16(21)20-13-7-11-4-5-12(8-13)19-11;;/h3,6,11-13,19H,4-5,7-8H2,1-2H3,(H,20,21);2*1H. The molecule has 2 aromatic heterocycles. The number of thiazole rings is 1. The molecular weight excluding hydrogens is 381 g/mol. The molecule has 2 aliphatic heterocycles. The lowest BCUT2D eigenvalue weighted by Gasteiger charge is -2.29. The molecule has 0 aromatic carbocycles. The average Bonchev–Trinajstić information content (AvgIpc) is 3.18. The first-order chi connectivity index (χ1) is 11.1. The van der Waals surface area contributed by atoms with E-state index in [1.165, 1.54) is 24.2 Å². The van der Waals surface area contributed by atoms with E-state index < -0.39 is 0 Å². The van der Waals surface area contributed by atoms with E-state index in [-0.39, 0.29) is 36.8 Å². The van der Waals surface area contributed by atoms with E-state index in [2.05, 4.69) is 15.6 Å². The number of nitrogens with one attached hydrogen (secondary N) is 2. The first kappa shape index (κ1) is 20.2. The second-order valence-corrected chi connectivity index (χ2v) is 7.62. The summed E-state index contributed by atoms with van der Waals surface area (Å²) in [5.41, 5.74) is 0.772. The summed E-state index contributed by atoms with van der Waals surface area (Å²) in [6.45, 7) is 3.79. The number of rotatable bonds is 3. The van der Waals surface area contributed by atoms with Gasteiger partial charge >= 0.3 is 0 Å². The topological polar surface area (TPSA) is 67.2 Å². The van der Waals surface area contributed by atoms with E-state index in [4.69, 9.17) is 4.42 Å². The van der Waals surface area contributed by atoms with Gasteiger partial charge in [-0.05, 0) is 51.7 Å². The van der Waals surface area contributed by atoms with Gasteiger partial charge in [-0.2, -0.15) is 0 Å². The van der Waals surface area contributed by atoms with Gasteiger partial charge in [-0.3, -0.25) is 4.79 Å². The predicted molar refractivity (Wildman–Crippen MR) is 104 cm³/mol. The number of amides is 1. The van der Waals surface area contributed by atoms with Crippen molar-refractivity contribution in [1.29, 1.82) is 0 Å². The molecule has 2 unspecified atom stereocenters. The zero-order valence-electron chi connectivity index (χ0n) is 14.2. The fourth-order valence-electron chi connectivity index (χ4n) is 3.69. The van der Waals surface area contributed by atoms with Crippen LogP contribution < -0.4 is 10.6 Å². The molecule has 2 atom stereocenters. The third-order valence-corrected chi connectivity index (χ3v) is 5.93. The van der Waals surface area contributed by atoms with Gasteiger partial charge in [0, 0.05) is 18.1 Å². The summed E-state index contributed by atoms with van der Waals surface area (Å²) in [6.07, 6.45) is 4.53. The van der Waals surface area contributed by atoms with Gasteiger partial charge in [0.1, 0.15) is 10.6 Å². The van der Waals surface area contributed by atoms with E-state index in [9.17, 15) is 4.79 Å². The molecule has 0 aliphatic carbocycles. The van der Waals surface area contributed by atoms with Crippen molar-refractivity contribution >= 4 is 42.1 Å². The third kappa shape index (κ3) is 4.19. The quantitative estimate of drug-likeness (QED) is 0.815. The fourth-order valence-corrected chi connectivity index (χ4v) is 4.62. The second kappa shape index (κ2) is 8.08. The van der Waals surface area contributed by atoms with Crippen LogP contribution in [0.4, 0.5) is 0 Å². The van der Waals surface area contributed by atoms with E-state index >= 15 is 0 Å². The highest BCUT2D eigenvalue weighted by Crippen LogP contribution is 2.30. The molecule has 1 amide bonds. The number of aromatic nitrogens is 1. The molecule has 2 aliphatic rings. The normalized spacial score (nSPS) is 24.3. The maximum atomic E-state index is 12.6. The smallest absolute Gasteiger partial charge is 0.263 e. The van der Waals surface area contributed by atoms with E-state index in [1.54, 1.807) is 0 Å². The van der Waals surface area contributed by atoms with Gasteiger partial charge in [-0.25, -0.2) is 4.98 Å². The molecule has 8 heteroatoms. The van der Waals surface area contributed by atoms with Gasteiger partial charge in [-0.15, -0.1) is 36.2 Å². The lowest BCUT2D eigenvalue weighted by molar-refractivity contribution is 0.0927. The predicted octanol–water partition coefficient (Wildman–Crippen LogP) is 3.88. The zero-order valence-corrected chi connectivity index (χ0v) is 16.7. The Hall–Kier alpha value is -1.08. The molecule has 2 bridgehead atoms. The van der Waals surface area contributed by atoms with Gasteiger partial charge in [0.25, 0.3) is 5.91 Å². The Bertz CT molecular complexity index is 734. The number of halogens is 2. The number of carbonyl (C=O) groups excluding carboxylic acids is 1. The van der Waals surface area contributed by atoms with Crippen molar-refractivity contribution < 1.29 is 9.21 Å². The molecule has 138 valence electrons. The van der Waals surface area contributed by atoms with Crippen LogP contribution in [0, 0.1) is 13.8 Å². The number of hydrogen-bond acceptors (Lipinski definition) is 5. The highest BCUT2D eigenvalue weighted by atomic mass is 35.5. The highest BCUT2D eigenvalue weighted by molar-refractivity contribution is 7.17. The highest BCUT2D eigenvalue weighted by Gasteiger charge is 2.34. The molecule has 2 saturated heterocycles. The number of carbonyl (C=O) groups is 1. The van der Waals surface area contributed by atoms with E-state index in [1.807, 2.05) is 26.0 Å². The van der Waals surface area contributed by atoms with Gasteiger partial charge in [0.2, 0.25) is 0 Å². The number of fused-ring (bicyclic) bond motifs is 2. The van der Waals surface area contributed by atoms with Crippen LogP contribution in [0.1, 0.15) is 46.8 Å². The summed E-state index contributed by atoms with van der Waals surface area (Å²) < 4.78 is 5.61. The van der Waals surface area contributed by atoms with E-state index in [0.29, 0.717) is 17.0 Å². The van der Waals surface area contributed by atoms with Crippen LogP contribution in [0.3, 0.4) is 0 Å².